The second kappa shape index (κ2) is 6.44. The normalized spacial score (nSPS) is 11.3. The van der Waals surface area contributed by atoms with Crippen LogP contribution in [-0.4, -0.2) is 12.5 Å². The Balaban J connectivity index is 2.66. The highest BCUT2D eigenvalue weighted by atomic mass is 19.1. The van der Waals surface area contributed by atoms with Gasteiger partial charge in [0.1, 0.15) is 5.82 Å². The first kappa shape index (κ1) is 12.9. The van der Waals surface area contributed by atoms with Crippen LogP contribution in [0.1, 0.15) is 17.9 Å². The topological polar surface area (TPSA) is 52.9 Å². The van der Waals surface area contributed by atoms with Crippen molar-refractivity contribution in [2.75, 3.05) is 6.54 Å². The van der Waals surface area contributed by atoms with Gasteiger partial charge in [-0.2, -0.15) is 5.26 Å². The number of halogens is 1. The minimum Gasteiger partial charge on any atom is -0.353 e. The fraction of sp³-hybridized carbons (Fsp3) is 0.231. The Hall–Kier alpha value is -2.15. The minimum atomic E-state index is -0.555. The van der Waals surface area contributed by atoms with Crippen molar-refractivity contribution >= 4 is 5.91 Å². The van der Waals surface area contributed by atoms with Gasteiger partial charge in [0.25, 0.3) is 0 Å². The predicted molar refractivity (Wildman–Crippen MR) is 62.6 cm³/mol. The van der Waals surface area contributed by atoms with E-state index in [0.717, 1.165) is 0 Å². The van der Waals surface area contributed by atoms with Gasteiger partial charge in [-0.05, 0) is 17.7 Å². The molecule has 3 nitrogen and oxygen atoms in total. The van der Waals surface area contributed by atoms with Crippen LogP contribution in [0.15, 0.2) is 36.9 Å². The van der Waals surface area contributed by atoms with E-state index < -0.39 is 5.92 Å². The van der Waals surface area contributed by atoms with Crippen molar-refractivity contribution in [1.82, 2.24) is 5.32 Å². The van der Waals surface area contributed by atoms with Crippen LogP contribution in [0.4, 0.5) is 4.39 Å². The molecule has 0 fully saturated rings. The third-order valence-corrected chi connectivity index (χ3v) is 2.26. The Labute approximate surface area is 99.6 Å². The number of nitrogens with zero attached hydrogens (tertiary/aromatic N) is 1. The first-order valence-corrected chi connectivity index (χ1v) is 5.20. The van der Waals surface area contributed by atoms with Crippen molar-refractivity contribution in [3.8, 4) is 6.07 Å². The van der Waals surface area contributed by atoms with Crippen molar-refractivity contribution in [3.05, 3.63) is 48.3 Å². The second-order valence-corrected chi connectivity index (χ2v) is 3.53. The number of hydrogen-bond acceptors (Lipinski definition) is 2. The zero-order valence-corrected chi connectivity index (χ0v) is 9.32. The molecule has 1 amide bonds. The zero-order valence-electron chi connectivity index (χ0n) is 9.32. The van der Waals surface area contributed by atoms with E-state index >= 15 is 0 Å². The molecule has 4 heteroatoms. The Morgan fingerprint density at radius 2 is 2.18 bits per heavy atom. The molecular weight excluding hydrogens is 219 g/mol. The SMILES string of the molecule is C=CCNC(=O)CC(C#N)c1ccc(F)cc1. The van der Waals surface area contributed by atoms with Crippen LogP contribution in [0, 0.1) is 17.1 Å². The fourth-order valence-corrected chi connectivity index (χ4v) is 1.38. The highest BCUT2D eigenvalue weighted by Crippen LogP contribution is 2.18. The van der Waals surface area contributed by atoms with E-state index in [0.29, 0.717) is 12.1 Å². The van der Waals surface area contributed by atoms with Gasteiger partial charge in [-0.25, -0.2) is 4.39 Å². The molecule has 1 atom stereocenters. The van der Waals surface area contributed by atoms with Gasteiger partial charge in [-0.3, -0.25) is 4.79 Å². The van der Waals surface area contributed by atoms with Gasteiger partial charge in [0, 0.05) is 13.0 Å². The van der Waals surface area contributed by atoms with E-state index in [1.54, 1.807) is 6.08 Å². The Morgan fingerprint density at radius 3 is 2.71 bits per heavy atom. The van der Waals surface area contributed by atoms with Crippen LogP contribution in [0.5, 0.6) is 0 Å². The van der Waals surface area contributed by atoms with Gasteiger partial charge >= 0.3 is 0 Å². The molecule has 88 valence electrons. The Morgan fingerprint density at radius 1 is 1.53 bits per heavy atom. The standard InChI is InChI=1S/C13H13FN2O/c1-2-7-16-13(17)8-11(9-15)10-3-5-12(14)6-4-10/h2-6,11H,1,7-8H2,(H,16,17). The Kier molecular flexibility index (Phi) is 4.89. The fourth-order valence-electron chi connectivity index (χ4n) is 1.38. The average Bonchev–Trinajstić information content (AvgIpc) is 2.34. The predicted octanol–water partition coefficient (Wildman–Crippen LogP) is 2.13. The Bertz CT molecular complexity index is 434. The van der Waals surface area contributed by atoms with Crippen LogP contribution >= 0.6 is 0 Å². The molecule has 0 heterocycles. The number of nitrogens with one attached hydrogen (secondary N) is 1. The number of carbonyl (C=O) groups excluding carboxylic acids is 1. The number of amides is 1. The molecule has 1 unspecified atom stereocenters. The van der Waals surface area contributed by atoms with E-state index in [1.807, 2.05) is 6.07 Å². The maximum absolute atomic E-state index is 12.7. The number of nitriles is 1. The molecule has 0 aliphatic carbocycles. The van der Waals surface area contributed by atoms with Crippen LogP contribution < -0.4 is 5.32 Å². The van der Waals surface area contributed by atoms with Gasteiger partial charge in [0.15, 0.2) is 0 Å². The first-order valence-electron chi connectivity index (χ1n) is 5.20. The molecule has 1 N–H and O–H groups in total. The van der Waals surface area contributed by atoms with Crippen molar-refractivity contribution in [2.45, 2.75) is 12.3 Å². The maximum Gasteiger partial charge on any atom is 0.221 e. The van der Waals surface area contributed by atoms with Crippen LogP contribution in [-0.2, 0) is 4.79 Å². The van der Waals surface area contributed by atoms with Gasteiger partial charge in [-0.15, -0.1) is 6.58 Å². The smallest absolute Gasteiger partial charge is 0.221 e. The highest BCUT2D eigenvalue weighted by molar-refractivity contribution is 5.77. The van der Waals surface area contributed by atoms with Crippen molar-refractivity contribution in [1.29, 1.82) is 5.26 Å². The van der Waals surface area contributed by atoms with E-state index in [2.05, 4.69) is 11.9 Å². The number of benzene rings is 1. The molecule has 17 heavy (non-hydrogen) atoms. The first-order chi connectivity index (χ1) is 8.17. The van der Waals surface area contributed by atoms with Gasteiger partial charge in [0.05, 0.1) is 12.0 Å². The van der Waals surface area contributed by atoms with Crippen molar-refractivity contribution in [2.24, 2.45) is 0 Å². The van der Waals surface area contributed by atoms with Crippen LogP contribution in [0.2, 0.25) is 0 Å². The number of rotatable bonds is 5. The maximum atomic E-state index is 12.7. The molecule has 0 saturated carbocycles. The lowest BCUT2D eigenvalue weighted by atomic mass is 9.97. The molecule has 0 radical (unpaired) electrons. The van der Waals surface area contributed by atoms with E-state index in [4.69, 9.17) is 5.26 Å². The summed E-state index contributed by atoms with van der Waals surface area (Å²) in [5.74, 6) is -1.14. The third kappa shape index (κ3) is 4.07. The van der Waals surface area contributed by atoms with Crippen molar-refractivity contribution in [3.63, 3.8) is 0 Å². The lowest BCUT2D eigenvalue weighted by molar-refractivity contribution is -0.121. The molecule has 0 bridgehead atoms. The van der Waals surface area contributed by atoms with Gasteiger partial charge < -0.3 is 5.32 Å². The summed E-state index contributed by atoms with van der Waals surface area (Å²) in [6.45, 7) is 3.85. The van der Waals surface area contributed by atoms with Gasteiger partial charge in [-0.1, -0.05) is 18.2 Å². The summed E-state index contributed by atoms with van der Waals surface area (Å²) >= 11 is 0. The van der Waals surface area contributed by atoms with Gasteiger partial charge in [0.2, 0.25) is 5.91 Å². The molecule has 0 spiro atoms. The molecule has 1 rings (SSSR count). The largest absolute Gasteiger partial charge is 0.353 e. The summed E-state index contributed by atoms with van der Waals surface area (Å²) in [4.78, 5) is 11.4. The molecule has 0 saturated heterocycles. The lowest BCUT2D eigenvalue weighted by Crippen LogP contribution is -2.24. The quantitative estimate of drug-likeness (QED) is 0.790. The van der Waals surface area contributed by atoms with Crippen LogP contribution in [0.25, 0.3) is 0 Å². The molecule has 0 aliphatic rings. The summed E-state index contributed by atoms with van der Waals surface area (Å²) in [6, 6.07) is 7.63. The zero-order chi connectivity index (χ0) is 12.7. The minimum absolute atomic E-state index is 0.0654. The highest BCUT2D eigenvalue weighted by Gasteiger charge is 2.14. The monoisotopic (exact) mass is 232 g/mol. The van der Waals surface area contributed by atoms with E-state index in [1.165, 1.54) is 24.3 Å². The third-order valence-electron chi connectivity index (χ3n) is 2.26. The lowest BCUT2D eigenvalue weighted by Gasteiger charge is -2.09. The average molecular weight is 232 g/mol. The molecule has 1 aromatic carbocycles. The molecular formula is C13H13FN2O. The summed E-state index contributed by atoms with van der Waals surface area (Å²) in [5.41, 5.74) is 0.641. The number of carbonyl (C=O) groups is 1. The van der Waals surface area contributed by atoms with E-state index in [-0.39, 0.29) is 18.1 Å². The molecule has 0 aliphatic heterocycles. The van der Waals surface area contributed by atoms with Crippen LogP contribution in [0.3, 0.4) is 0 Å². The van der Waals surface area contributed by atoms with Crippen molar-refractivity contribution < 1.29 is 9.18 Å². The summed E-state index contributed by atoms with van der Waals surface area (Å²) in [5, 5.41) is 11.6. The summed E-state index contributed by atoms with van der Waals surface area (Å²) in [7, 11) is 0. The number of hydrogen-bond donors (Lipinski definition) is 1. The second-order valence-electron chi connectivity index (χ2n) is 3.53. The summed E-state index contributed by atoms with van der Waals surface area (Å²) < 4.78 is 12.7. The molecule has 1 aromatic rings. The molecule has 0 aromatic heterocycles. The van der Waals surface area contributed by atoms with E-state index in [9.17, 15) is 9.18 Å². The summed E-state index contributed by atoms with van der Waals surface area (Å²) in [6.07, 6.45) is 1.63.